The van der Waals surface area contributed by atoms with E-state index in [0.717, 1.165) is 24.4 Å². The Balaban J connectivity index is 1.89. The lowest BCUT2D eigenvalue weighted by molar-refractivity contribution is 0.302. The fraction of sp³-hybridized carbons (Fsp3) is 0.438. The predicted octanol–water partition coefficient (Wildman–Crippen LogP) is 3.30. The standard InChI is InChI=1S/C16H21N3/c1-13-18-11-12-19(13)15-7-5-14(6-8-15)16(17)9-3-2-4-10-16/h5-8,11-12H,2-4,9-10,17H2,1H3. The molecule has 3 heteroatoms. The van der Waals surface area contributed by atoms with Crippen LogP contribution in [0.1, 0.15) is 43.5 Å². The summed E-state index contributed by atoms with van der Waals surface area (Å²) >= 11 is 0. The molecule has 1 aromatic carbocycles. The lowest BCUT2D eigenvalue weighted by atomic mass is 9.77. The number of aromatic nitrogens is 2. The van der Waals surface area contributed by atoms with E-state index in [9.17, 15) is 0 Å². The number of nitrogens with zero attached hydrogens (tertiary/aromatic N) is 2. The second-order valence-electron chi connectivity index (χ2n) is 5.61. The summed E-state index contributed by atoms with van der Waals surface area (Å²) in [4.78, 5) is 4.26. The minimum atomic E-state index is -0.110. The van der Waals surface area contributed by atoms with Gasteiger partial charge in [0, 0.05) is 23.6 Å². The van der Waals surface area contributed by atoms with Crippen LogP contribution in [0.25, 0.3) is 5.69 Å². The van der Waals surface area contributed by atoms with Gasteiger partial charge < -0.3 is 10.3 Å². The second-order valence-corrected chi connectivity index (χ2v) is 5.61. The van der Waals surface area contributed by atoms with E-state index in [1.165, 1.54) is 24.8 Å². The Kier molecular flexibility index (Phi) is 3.15. The average Bonchev–Trinajstić information content (AvgIpc) is 2.86. The molecular weight excluding hydrogens is 234 g/mol. The molecular formula is C16H21N3. The van der Waals surface area contributed by atoms with Crippen LogP contribution in [0.15, 0.2) is 36.7 Å². The summed E-state index contributed by atoms with van der Waals surface area (Å²) in [6.45, 7) is 2.01. The summed E-state index contributed by atoms with van der Waals surface area (Å²) in [5.41, 5.74) is 8.87. The van der Waals surface area contributed by atoms with Gasteiger partial charge in [-0.3, -0.25) is 0 Å². The number of hydrogen-bond donors (Lipinski definition) is 1. The Hall–Kier alpha value is -1.61. The highest BCUT2D eigenvalue weighted by Gasteiger charge is 2.29. The lowest BCUT2D eigenvalue weighted by Gasteiger charge is -2.34. The highest BCUT2D eigenvalue weighted by molar-refractivity contribution is 5.38. The van der Waals surface area contributed by atoms with Gasteiger partial charge in [0.05, 0.1) is 0 Å². The molecule has 1 heterocycles. The van der Waals surface area contributed by atoms with E-state index in [4.69, 9.17) is 5.73 Å². The third-order valence-corrected chi connectivity index (χ3v) is 4.29. The van der Waals surface area contributed by atoms with Gasteiger partial charge in [-0.05, 0) is 37.5 Å². The first-order valence-corrected chi connectivity index (χ1v) is 7.09. The first-order chi connectivity index (χ1) is 9.19. The topological polar surface area (TPSA) is 43.8 Å². The number of hydrogen-bond acceptors (Lipinski definition) is 2. The van der Waals surface area contributed by atoms with Crippen molar-refractivity contribution in [1.29, 1.82) is 0 Å². The molecule has 2 aromatic rings. The molecule has 3 nitrogen and oxygen atoms in total. The second kappa shape index (κ2) is 4.82. The molecule has 3 rings (SSSR count). The van der Waals surface area contributed by atoms with Crippen LogP contribution in [0, 0.1) is 6.92 Å². The van der Waals surface area contributed by atoms with Crippen molar-refractivity contribution in [2.75, 3.05) is 0 Å². The van der Waals surface area contributed by atoms with Crippen LogP contribution in [0.2, 0.25) is 0 Å². The van der Waals surface area contributed by atoms with Crippen molar-refractivity contribution in [2.45, 2.75) is 44.6 Å². The van der Waals surface area contributed by atoms with Gasteiger partial charge >= 0.3 is 0 Å². The first kappa shape index (κ1) is 12.4. The van der Waals surface area contributed by atoms with Gasteiger partial charge in [-0.15, -0.1) is 0 Å². The molecule has 0 spiro atoms. The Morgan fingerprint density at radius 2 is 1.79 bits per heavy atom. The van der Waals surface area contributed by atoms with E-state index in [0.29, 0.717) is 0 Å². The zero-order valence-electron chi connectivity index (χ0n) is 11.5. The van der Waals surface area contributed by atoms with Crippen LogP contribution in [-0.4, -0.2) is 9.55 Å². The molecule has 0 bridgehead atoms. The molecule has 1 aliphatic rings. The van der Waals surface area contributed by atoms with Crippen molar-refractivity contribution in [3.63, 3.8) is 0 Å². The van der Waals surface area contributed by atoms with E-state index in [1.807, 2.05) is 19.3 Å². The normalized spacial score (nSPS) is 18.4. The zero-order chi connectivity index (χ0) is 13.3. The van der Waals surface area contributed by atoms with Crippen LogP contribution >= 0.6 is 0 Å². The van der Waals surface area contributed by atoms with Gasteiger partial charge in [0.15, 0.2) is 0 Å². The van der Waals surface area contributed by atoms with Crippen LogP contribution < -0.4 is 5.73 Å². The summed E-state index contributed by atoms with van der Waals surface area (Å²) < 4.78 is 2.09. The number of benzene rings is 1. The predicted molar refractivity (Wildman–Crippen MR) is 77.3 cm³/mol. The molecule has 0 unspecified atom stereocenters. The fourth-order valence-electron chi connectivity index (χ4n) is 3.08. The van der Waals surface area contributed by atoms with E-state index < -0.39 is 0 Å². The SMILES string of the molecule is Cc1nccn1-c1ccc(C2(N)CCCCC2)cc1. The molecule has 2 N–H and O–H groups in total. The third kappa shape index (κ3) is 2.30. The van der Waals surface area contributed by atoms with Gasteiger partial charge in [0.2, 0.25) is 0 Å². The van der Waals surface area contributed by atoms with Gasteiger partial charge in [-0.2, -0.15) is 0 Å². The highest BCUT2D eigenvalue weighted by atomic mass is 15.1. The van der Waals surface area contributed by atoms with E-state index in [2.05, 4.69) is 33.8 Å². The Labute approximate surface area is 114 Å². The van der Waals surface area contributed by atoms with Crippen LogP contribution in [0.3, 0.4) is 0 Å². The van der Waals surface area contributed by atoms with Crippen molar-refractivity contribution in [2.24, 2.45) is 5.73 Å². The molecule has 1 fully saturated rings. The van der Waals surface area contributed by atoms with E-state index >= 15 is 0 Å². The smallest absolute Gasteiger partial charge is 0.110 e. The summed E-state index contributed by atoms with van der Waals surface area (Å²) in [7, 11) is 0. The summed E-state index contributed by atoms with van der Waals surface area (Å²) in [5, 5.41) is 0. The molecule has 19 heavy (non-hydrogen) atoms. The summed E-state index contributed by atoms with van der Waals surface area (Å²) in [6.07, 6.45) is 9.86. The Bertz CT molecular complexity index is 548. The maximum Gasteiger partial charge on any atom is 0.110 e. The maximum absolute atomic E-state index is 6.56. The van der Waals surface area contributed by atoms with Crippen molar-refractivity contribution in [1.82, 2.24) is 9.55 Å². The first-order valence-electron chi connectivity index (χ1n) is 7.09. The van der Waals surface area contributed by atoms with Crippen LogP contribution in [-0.2, 0) is 5.54 Å². The maximum atomic E-state index is 6.56. The number of nitrogens with two attached hydrogens (primary N) is 1. The molecule has 1 aliphatic carbocycles. The van der Waals surface area contributed by atoms with Crippen LogP contribution in [0.4, 0.5) is 0 Å². The molecule has 0 amide bonds. The minimum absolute atomic E-state index is 0.110. The molecule has 100 valence electrons. The lowest BCUT2D eigenvalue weighted by Crippen LogP contribution is -2.38. The Morgan fingerprint density at radius 1 is 1.11 bits per heavy atom. The molecule has 0 atom stereocenters. The molecule has 1 aromatic heterocycles. The number of imidazole rings is 1. The van der Waals surface area contributed by atoms with Gasteiger partial charge in [-0.1, -0.05) is 31.4 Å². The average molecular weight is 255 g/mol. The third-order valence-electron chi connectivity index (χ3n) is 4.29. The quantitative estimate of drug-likeness (QED) is 0.894. The minimum Gasteiger partial charge on any atom is -0.321 e. The highest BCUT2D eigenvalue weighted by Crippen LogP contribution is 2.34. The number of rotatable bonds is 2. The van der Waals surface area contributed by atoms with Crippen molar-refractivity contribution in [3.05, 3.63) is 48.0 Å². The summed E-state index contributed by atoms with van der Waals surface area (Å²) in [5.74, 6) is 1.01. The van der Waals surface area contributed by atoms with Gasteiger partial charge in [0.25, 0.3) is 0 Å². The molecule has 0 saturated heterocycles. The summed E-state index contributed by atoms with van der Waals surface area (Å²) in [6, 6.07) is 8.65. The monoisotopic (exact) mass is 255 g/mol. The zero-order valence-corrected chi connectivity index (χ0v) is 11.5. The van der Waals surface area contributed by atoms with Crippen molar-refractivity contribution < 1.29 is 0 Å². The fourth-order valence-corrected chi connectivity index (χ4v) is 3.08. The van der Waals surface area contributed by atoms with E-state index in [-0.39, 0.29) is 5.54 Å². The van der Waals surface area contributed by atoms with E-state index in [1.54, 1.807) is 0 Å². The van der Waals surface area contributed by atoms with Crippen LogP contribution in [0.5, 0.6) is 0 Å². The Morgan fingerprint density at radius 3 is 2.37 bits per heavy atom. The molecule has 0 aliphatic heterocycles. The van der Waals surface area contributed by atoms with Gasteiger partial charge in [-0.25, -0.2) is 4.98 Å². The number of aryl methyl sites for hydroxylation is 1. The molecule has 1 saturated carbocycles. The van der Waals surface area contributed by atoms with Crippen molar-refractivity contribution >= 4 is 0 Å². The van der Waals surface area contributed by atoms with Gasteiger partial charge in [0.1, 0.15) is 5.82 Å². The molecule has 0 radical (unpaired) electrons. The largest absolute Gasteiger partial charge is 0.321 e. The van der Waals surface area contributed by atoms with Crippen molar-refractivity contribution in [3.8, 4) is 5.69 Å².